The molecule has 0 aliphatic rings. The minimum atomic E-state index is -0.490. The van der Waals surface area contributed by atoms with Gasteiger partial charge in [0.1, 0.15) is 11.3 Å². The van der Waals surface area contributed by atoms with Crippen LogP contribution in [0.2, 0.25) is 5.02 Å². The summed E-state index contributed by atoms with van der Waals surface area (Å²) in [4.78, 5) is 29.9. The molecule has 0 bridgehead atoms. The smallest absolute Gasteiger partial charge is 0.344 e. The molecule has 0 amide bonds. The van der Waals surface area contributed by atoms with Gasteiger partial charge in [0.15, 0.2) is 12.4 Å². The molecule has 38 heavy (non-hydrogen) atoms. The van der Waals surface area contributed by atoms with Gasteiger partial charge < -0.3 is 13.9 Å². The lowest BCUT2D eigenvalue weighted by Crippen LogP contribution is -2.20. The second-order valence-electron chi connectivity index (χ2n) is 8.62. The van der Waals surface area contributed by atoms with Crippen molar-refractivity contribution in [2.75, 3.05) is 6.61 Å². The molecular formula is C28H21BrClN3O5. The summed E-state index contributed by atoms with van der Waals surface area (Å²) in [6.07, 6.45) is 1.25. The molecule has 0 aliphatic heterocycles. The Morgan fingerprint density at radius 2 is 1.97 bits per heavy atom. The Bertz CT molecular complexity index is 1760. The van der Waals surface area contributed by atoms with Crippen molar-refractivity contribution >= 4 is 61.6 Å². The quantitative estimate of drug-likeness (QED) is 0.159. The topological polar surface area (TPSA) is 95.9 Å². The average Bonchev–Trinajstić information content (AvgIpc) is 3.30. The van der Waals surface area contributed by atoms with Crippen molar-refractivity contribution in [3.63, 3.8) is 0 Å². The number of benzene rings is 3. The zero-order valence-electron chi connectivity index (χ0n) is 20.4. The SMILES string of the molecule is CC(C)OC(=O)COc1ccc(C=Nn2c(-c3cc4cc(Br)ccc4o3)nc3ccccc3c2=O)cc1Cl. The van der Waals surface area contributed by atoms with Gasteiger partial charge >= 0.3 is 5.97 Å². The molecular weight excluding hydrogens is 574 g/mol. The largest absolute Gasteiger partial charge is 0.480 e. The maximum Gasteiger partial charge on any atom is 0.344 e. The fraction of sp³-hybridized carbons (Fsp3) is 0.143. The fourth-order valence-corrected chi connectivity index (χ4v) is 4.41. The van der Waals surface area contributed by atoms with Crippen LogP contribution in [-0.4, -0.2) is 34.6 Å². The molecule has 0 fully saturated rings. The summed E-state index contributed by atoms with van der Waals surface area (Å²) in [6.45, 7) is 3.25. The van der Waals surface area contributed by atoms with E-state index in [1.807, 2.05) is 30.3 Å². The minimum Gasteiger partial charge on any atom is -0.480 e. The normalized spacial score (nSPS) is 11.6. The third-order valence-corrected chi connectivity index (χ3v) is 6.23. The van der Waals surface area contributed by atoms with Crippen molar-refractivity contribution in [1.29, 1.82) is 0 Å². The van der Waals surface area contributed by atoms with Crippen LogP contribution >= 0.6 is 27.5 Å². The van der Waals surface area contributed by atoms with E-state index in [0.717, 1.165) is 9.86 Å². The monoisotopic (exact) mass is 593 g/mol. The van der Waals surface area contributed by atoms with E-state index >= 15 is 0 Å². The number of ether oxygens (including phenoxy) is 2. The van der Waals surface area contributed by atoms with Crippen molar-refractivity contribution in [1.82, 2.24) is 9.66 Å². The van der Waals surface area contributed by atoms with E-state index in [9.17, 15) is 9.59 Å². The summed E-state index contributed by atoms with van der Waals surface area (Å²) in [7, 11) is 0. The summed E-state index contributed by atoms with van der Waals surface area (Å²) in [5.41, 5.74) is 1.44. The first-order valence-corrected chi connectivity index (χ1v) is 12.8. The maximum atomic E-state index is 13.4. The molecule has 0 atom stereocenters. The summed E-state index contributed by atoms with van der Waals surface area (Å²) >= 11 is 9.82. The number of carbonyl (C=O) groups excluding carboxylic acids is 1. The molecule has 5 rings (SSSR count). The van der Waals surface area contributed by atoms with Crippen molar-refractivity contribution in [3.05, 3.63) is 92.1 Å². The van der Waals surface area contributed by atoms with E-state index in [2.05, 4.69) is 26.0 Å². The van der Waals surface area contributed by atoms with Crippen molar-refractivity contribution < 1.29 is 18.7 Å². The summed E-state index contributed by atoms with van der Waals surface area (Å²) in [5.74, 6) is 0.485. The predicted octanol–water partition coefficient (Wildman–Crippen LogP) is 6.44. The van der Waals surface area contributed by atoms with Gasteiger partial charge in [-0.25, -0.2) is 9.78 Å². The van der Waals surface area contributed by atoms with Crippen LogP contribution < -0.4 is 10.3 Å². The van der Waals surface area contributed by atoms with Gasteiger partial charge in [0.05, 0.1) is 28.2 Å². The molecule has 2 aromatic heterocycles. The van der Waals surface area contributed by atoms with Crippen molar-refractivity contribution in [2.24, 2.45) is 5.10 Å². The van der Waals surface area contributed by atoms with Gasteiger partial charge in [-0.15, -0.1) is 0 Å². The Hall–Kier alpha value is -3.95. The number of rotatable bonds is 7. The van der Waals surface area contributed by atoms with Crippen LogP contribution in [0.5, 0.6) is 5.75 Å². The zero-order chi connectivity index (χ0) is 26.8. The first kappa shape index (κ1) is 25.7. The number of aromatic nitrogens is 2. The number of hydrogen-bond donors (Lipinski definition) is 0. The number of fused-ring (bicyclic) bond motifs is 2. The fourth-order valence-electron chi connectivity index (χ4n) is 3.79. The van der Waals surface area contributed by atoms with E-state index in [0.29, 0.717) is 33.6 Å². The van der Waals surface area contributed by atoms with Crippen molar-refractivity contribution in [3.8, 4) is 17.3 Å². The van der Waals surface area contributed by atoms with Crippen LogP contribution in [0.4, 0.5) is 0 Å². The van der Waals surface area contributed by atoms with Gasteiger partial charge in [0, 0.05) is 9.86 Å². The molecule has 0 N–H and O–H groups in total. The molecule has 3 aromatic carbocycles. The van der Waals surface area contributed by atoms with E-state index in [1.54, 1.807) is 50.2 Å². The second kappa shape index (κ2) is 10.8. The van der Waals surface area contributed by atoms with Crippen LogP contribution in [0.1, 0.15) is 19.4 Å². The van der Waals surface area contributed by atoms with Gasteiger partial charge in [0.25, 0.3) is 5.56 Å². The van der Waals surface area contributed by atoms with E-state index < -0.39 is 5.97 Å². The molecule has 0 saturated carbocycles. The molecule has 8 nitrogen and oxygen atoms in total. The lowest BCUT2D eigenvalue weighted by molar-refractivity contribution is -0.149. The molecule has 0 spiro atoms. The van der Waals surface area contributed by atoms with Gasteiger partial charge in [-0.3, -0.25) is 4.79 Å². The van der Waals surface area contributed by atoms with Crippen molar-refractivity contribution in [2.45, 2.75) is 20.0 Å². The Kier molecular flexibility index (Phi) is 7.31. The molecule has 0 aliphatic carbocycles. The number of furan rings is 1. The standard InChI is InChI=1S/C28H21BrClN3O5/c1-16(2)37-26(34)15-36-24-9-7-17(11-21(24)30)14-31-33-27(32-22-6-4-3-5-20(22)28(33)35)25-13-18-12-19(29)8-10-23(18)38-25/h3-14,16H,15H2,1-2H3. The van der Waals surface area contributed by atoms with E-state index in [1.165, 1.54) is 10.9 Å². The molecule has 0 saturated heterocycles. The highest BCUT2D eigenvalue weighted by molar-refractivity contribution is 9.10. The van der Waals surface area contributed by atoms with Gasteiger partial charge in [-0.2, -0.15) is 9.78 Å². The molecule has 0 unspecified atom stereocenters. The third kappa shape index (κ3) is 5.49. The van der Waals surface area contributed by atoms with Crippen LogP contribution in [0, 0.1) is 0 Å². The molecule has 10 heteroatoms. The molecule has 2 heterocycles. The summed E-state index contributed by atoms with van der Waals surface area (Å²) < 4.78 is 18.7. The number of para-hydroxylation sites is 1. The highest BCUT2D eigenvalue weighted by Gasteiger charge is 2.17. The Morgan fingerprint density at radius 1 is 1.16 bits per heavy atom. The zero-order valence-corrected chi connectivity index (χ0v) is 22.7. The van der Waals surface area contributed by atoms with Crippen LogP contribution in [0.25, 0.3) is 33.5 Å². The predicted molar refractivity (Wildman–Crippen MR) is 150 cm³/mol. The van der Waals surface area contributed by atoms with Crippen LogP contribution in [0.15, 0.2) is 85.5 Å². The number of halogens is 2. The first-order chi connectivity index (χ1) is 18.3. The molecule has 192 valence electrons. The highest BCUT2D eigenvalue weighted by atomic mass is 79.9. The van der Waals surface area contributed by atoms with Crippen LogP contribution in [-0.2, 0) is 9.53 Å². The highest BCUT2D eigenvalue weighted by Crippen LogP contribution is 2.29. The number of carbonyl (C=O) groups is 1. The van der Waals surface area contributed by atoms with Gasteiger partial charge in [-0.1, -0.05) is 39.7 Å². The minimum absolute atomic E-state index is 0.237. The number of hydrogen-bond acceptors (Lipinski definition) is 7. The number of nitrogens with zero attached hydrogens (tertiary/aromatic N) is 3. The van der Waals surface area contributed by atoms with Gasteiger partial charge in [-0.05, 0) is 74.0 Å². The van der Waals surface area contributed by atoms with E-state index in [-0.39, 0.29) is 29.1 Å². The average molecular weight is 595 g/mol. The molecule has 0 radical (unpaired) electrons. The Balaban J connectivity index is 1.50. The summed E-state index contributed by atoms with van der Waals surface area (Å²) in [5, 5.41) is 5.99. The summed E-state index contributed by atoms with van der Waals surface area (Å²) in [6, 6.07) is 19.4. The molecule has 5 aromatic rings. The Labute approximate surface area is 230 Å². The van der Waals surface area contributed by atoms with Crippen LogP contribution in [0.3, 0.4) is 0 Å². The van der Waals surface area contributed by atoms with E-state index in [4.69, 9.17) is 25.5 Å². The second-order valence-corrected chi connectivity index (χ2v) is 9.95. The lowest BCUT2D eigenvalue weighted by Gasteiger charge is -2.10. The number of esters is 1. The maximum absolute atomic E-state index is 13.4. The third-order valence-electron chi connectivity index (χ3n) is 5.44. The van der Waals surface area contributed by atoms with Gasteiger partial charge in [0.2, 0.25) is 5.82 Å². The first-order valence-electron chi connectivity index (χ1n) is 11.7. The lowest BCUT2D eigenvalue weighted by atomic mass is 10.2. The Morgan fingerprint density at radius 3 is 2.76 bits per heavy atom.